The molecule has 2 aromatic heterocycles. The summed E-state index contributed by atoms with van der Waals surface area (Å²) in [5.74, 6) is 2.63. The number of hydrogen-bond acceptors (Lipinski definition) is 5. The third-order valence-corrected chi connectivity index (χ3v) is 3.14. The molecule has 2 aromatic rings. The molecule has 1 N–H and O–H groups in total. The average molecular weight is 277 g/mol. The van der Waals surface area contributed by atoms with Crippen LogP contribution in [0.25, 0.3) is 0 Å². The highest BCUT2D eigenvalue weighted by molar-refractivity contribution is 5.90. The minimum atomic E-state index is -0.382. The molecule has 0 saturated heterocycles. The van der Waals surface area contributed by atoms with E-state index in [1.807, 2.05) is 26.0 Å². The van der Waals surface area contributed by atoms with Crippen molar-refractivity contribution in [3.05, 3.63) is 46.8 Å². The number of ether oxygens (including phenoxy) is 1. The van der Waals surface area contributed by atoms with Crippen LogP contribution in [0.5, 0.6) is 0 Å². The van der Waals surface area contributed by atoms with Gasteiger partial charge in [0.05, 0.1) is 19.7 Å². The molecule has 0 amide bonds. The third kappa shape index (κ3) is 3.11. The van der Waals surface area contributed by atoms with Crippen molar-refractivity contribution < 1.29 is 18.4 Å². The molecular formula is C15H19NO4. The summed E-state index contributed by atoms with van der Waals surface area (Å²) in [6.07, 6.45) is 0. The van der Waals surface area contributed by atoms with Crippen molar-refractivity contribution >= 4 is 5.97 Å². The monoisotopic (exact) mass is 277 g/mol. The summed E-state index contributed by atoms with van der Waals surface area (Å²) >= 11 is 0. The van der Waals surface area contributed by atoms with Gasteiger partial charge in [0, 0.05) is 0 Å². The van der Waals surface area contributed by atoms with Crippen molar-refractivity contribution in [2.75, 3.05) is 7.11 Å². The minimum Gasteiger partial charge on any atom is -0.465 e. The molecule has 0 spiro atoms. The van der Waals surface area contributed by atoms with Gasteiger partial charge in [0.15, 0.2) is 0 Å². The Kier molecular flexibility index (Phi) is 4.29. The van der Waals surface area contributed by atoms with Gasteiger partial charge in [-0.05, 0) is 39.0 Å². The van der Waals surface area contributed by atoms with Crippen molar-refractivity contribution in [3.8, 4) is 0 Å². The van der Waals surface area contributed by atoms with E-state index in [9.17, 15) is 4.79 Å². The van der Waals surface area contributed by atoms with Crippen LogP contribution < -0.4 is 5.32 Å². The van der Waals surface area contributed by atoms with E-state index in [0.717, 1.165) is 11.5 Å². The van der Waals surface area contributed by atoms with Crippen LogP contribution in [0.2, 0.25) is 0 Å². The van der Waals surface area contributed by atoms with Gasteiger partial charge in [0.2, 0.25) is 0 Å². The van der Waals surface area contributed by atoms with Crippen molar-refractivity contribution in [3.63, 3.8) is 0 Å². The van der Waals surface area contributed by atoms with Crippen LogP contribution in [0.4, 0.5) is 0 Å². The summed E-state index contributed by atoms with van der Waals surface area (Å²) in [5.41, 5.74) is 0.464. The fraction of sp³-hybridized carbons (Fsp3) is 0.400. The molecule has 1 unspecified atom stereocenters. The van der Waals surface area contributed by atoms with E-state index in [1.165, 1.54) is 7.11 Å². The van der Waals surface area contributed by atoms with Crippen molar-refractivity contribution in [2.45, 2.75) is 33.4 Å². The zero-order valence-electron chi connectivity index (χ0n) is 12.1. The topological polar surface area (TPSA) is 64.6 Å². The summed E-state index contributed by atoms with van der Waals surface area (Å²) < 4.78 is 15.8. The van der Waals surface area contributed by atoms with Crippen LogP contribution in [-0.4, -0.2) is 13.1 Å². The van der Waals surface area contributed by atoms with Gasteiger partial charge in [-0.3, -0.25) is 0 Å². The third-order valence-electron chi connectivity index (χ3n) is 3.14. The molecule has 0 aliphatic carbocycles. The Balaban J connectivity index is 1.99. The van der Waals surface area contributed by atoms with E-state index in [0.29, 0.717) is 23.6 Å². The summed E-state index contributed by atoms with van der Waals surface area (Å²) in [5, 5.41) is 3.29. The first-order chi connectivity index (χ1) is 9.51. The van der Waals surface area contributed by atoms with Crippen LogP contribution in [0, 0.1) is 13.8 Å². The molecule has 0 radical (unpaired) electrons. The maximum atomic E-state index is 11.5. The second-order valence-corrected chi connectivity index (χ2v) is 4.73. The van der Waals surface area contributed by atoms with E-state index in [1.54, 1.807) is 13.0 Å². The molecule has 0 aliphatic heterocycles. The fourth-order valence-corrected chi connectivity index (χ4v) is 1.98. The first-order valence-electron chi connectivity index (χ1n) is 6.48. The minimum absolute atomic E-state index is 0.0654. The molecule has 2 heterocycles. The molecule has 108 valence electrons. The normalized spacial score (nSPS) is 12.4. The van der Waals surface area contributed by atoms with E-state index in [-0.39, 0.29) is 12.0 Å². The van der Waals surface area contributed by atoms with Crippen LogP contribution >= 0.6 is 0 Å². The number of carbonyl (C=O) groups excluding carboxylic acids is 1. The highest BCUT2D eigenvalue weighted by Gasteiger charge is 2.16. The van der Waals surface area contributed by atoms with Gasteiger partial charge in [-0.25, -0.2) is 4.79 Å². The first kappa shape index (κ1) is 14.4. The quantitative estimate of drug-likeness (QED) is 0.851. The van der Waals surface area contributed by atoms with Crippen LogP contribution in [0.15, 0.2) is 27.0 Å². The summed E-state index contributed by atoms with van der Waals surface area (Å²) in [4.78, 5) is 11.5. The second kappa shape index (κ2) is 5.96. The molecule has 0 saturated carbocycles. The predicted molar refractivity (Wildman–Crippen MR) is 73.5 cm³/mol. The fourth-order valence-electron chi connectivity index (χ4n) is 1.98. The number of esters is 1. The molecule has 5 heteroatoms. The zero-order chi connectivity index (χ0) is 14.7. The lowest BCUT2D eigenvalue weighted by molar-refractivity contribution is 0.0599. The van der Waals surface area contributed by atoms with Gasteiger partial charge in [-0.15, -0.1) is 0 Å². The first-order valence-corrected chi connectivity index (χ1v) is 6.48. The largest absolute Gasteiger partial charge is 0.465 e. The van der Waals surface area contributed by atoms with Crippen molar-refractivity contribution in [1.82, 2.24) is 5.32 Å². The molecule has 2 rings (SSSR count). The zero-order valence-corrected chi connectivity index (χ0v) is 12.1. The number of aryl methyl sites for hydroxylation is 2. The van der Waals surface area contributed by atoms with Crippen LogP contribution in [0.3, 0.4) is 0 Å². The Morgan fingerprint density at radius 1 is 1.35 bits per heavy atom. The molecule has 5 nitrogen and oxygen atoms in total. The van der Waals surface area contributed by atoms with Crippen molar-refractivity contribution in [1.29, 1.82) is 0 Å². The van der Waals surface area contributed by atoms with Gasteiger partial charge in [-0.1, -0.05) is 0 Å². The lowest BCUT2D eigenvalue weighted by atomic mass is 10.2. The van der Waals surface area contributed by atoms with E-state index in [4.69, 9.17) is 13.6 Å². The molecule has 0 bridgehead atoms. The summed E-state index contributed by atoms with van der Waals surface area (Å²) in [6, 6.07) is 5.64. The Hall–Kier alpha value is -2.01. The lowest BCUT2D eigenvalue weighted by Crippen LogP contribution is -2.17. The Bertz CT molecular complexity index is 597. The predicted octanol–water partition coefficient (Wildman–Crippen LogP) is 3.13. The van der Waals surface area contributed by atoms with E-state index < -0.39 is 0 Å². The summed E-state index contributed by atoms with van der Waals surface area (Å²) in [6.45, 7) is 6.18. The van der Waals surface area contributed by atoms with Gasteiger partial charge in [-0.2, -0.15) is 0 Å². The molecule has 0 aromatic carbocycles. The van der Waals surface area contributed by atoms with E-state index in [2.05, 4.69) is 5.32 Å². The number of carbonyl (C=O) groups is 1. The number of rotatable bonds is 5. The van der Waals surface area contributed by atoms with Crippen molar-refractivity contribution in [2.24, 2.45) is 0 Å². The van der Waals surface area contributed by atoms with E-state index >= 15 is 0 Å². The second-order valence-electron chi connectivity index (χ2n) is 4.73. The summed E-state index contributed by atoms with van der Waals surface area (Å²) in [7, 11) is 1.36. The molecule has 1 atom stereocenters. The van der Waals surface area contributed by atoms with Gasteiger partial charge in [0.25, 0.3) is 0 Å². The SMILES string of the molecule is COC(=O)c1cc(CNC(C)c2ccc(C)o2)oc1C. The smallest absolute Gasteiger partial charge is 0.341 e. The van der Waals surface area contributed by atoms with Gasteiger partial charge >= 0.3 is 5.97 Å². The number of nitrogens with one attached hydrogen (secondary N) is 1. The van der Waals surface area contributed by atoms with Gasteiger partial charge in [0.1, 0.15) is 28.6 Å². The lowest BCUT2D eigenvalue weighted by Gasteiger charge is -2.09. The Morgan fingerprint density at radius 2 is 2.10 bits per heavy atom. The molecule has 20 heavy (non-hydrogen) atoms. The molecule has 0 aliphatic rings. The van der Waals surface area contributed by atoms with Crippen LogP contribution in [-0.2, 0) is 11.3 Å². The highest BCUT2D eigenvalue weighted by Crippen LogP contribution is 2.19. The molecule has 0 fully saturated rings. The maximum absolute atomic E-state index is 11.5. The number of furan rings is 2. The maximum Gasteiger partial charge on any atom is 0.341 e. The van der Waals surface area contributed by atoms with Crippen LogP contribution in [0.1, 0.15) is 46.4 Å². The van der Waals surface area contributed by atoms with Gasteiger partial charge < -0.3 is 18.9 Å². The average Bonchev–Trinajstić information content (AvgIpc) is 3.01. The molecular weight excluding hydrogens is 258 g/mol. The number of methoxy groups -OCH3 is 1. The standard InChI is InChI=1S/C15H19NO4/c1-9-5-6-14(19-9)10(2)16-8-12-7-13(11(3)20-12)15(17)18-4/h5-7,10,16H,8H2,1-4H3. The Labute approximate surface area is 117 Å². The Morgan fingerprint density at radius 3 is 2.70 bits per heavy atom. The highest BCUT2D eigenvalue weighted by atomic mass is 16.5. The number of hydrogen-bond donors (Lipinski definition) is 1.